The van der Waals surface area contributed by atoms with E-state index in [-0.39, 0.29) is 29.2 Å². The predicted octanol–water partition coefficient (Wildman–Crippen LogP) is 3.91. The first kappa shape index (κ1) is 26.9. The second kappa shape index (κ2) is 10.3. The van der Waals surface area contributed by atoms with Crippen LogP contribution >= 0.6 is 0 Å². The molecular weight excluding hydrogens is 516 g/mol. The maximum absolute atomic E-state index is 14.9. The van der Waals surface area contributed by atoms with E-state index in [1.807, 2.05) is 9.62 Å². The molecule has 1 atom stereocenters. The molecule has 12 heteroatoms. The fraction of sp³-hybridized carbons (Fsp3) is 0.400. The second-order valence-corrected chi connectivity index (χ2v) is 11.1. The number of rotatable bonds is 7. The molecule has 0 aliphatic carbocycles. The lowest BCUT2D eigenvalue weighted by Gasteiger charge is -2.23. The number of sulfonamides is 1. The van der Waals surface area contributed by atoms with E-state index in [9.17, 15) is 30.8 Å². The Morgan fingerprint density at radius 1 is 1.24 bits per heavy atom. The molecule has 2 aliphatic rings. The third kappa shape index (κ3) is 6.80. The van der Waals surface area contributed by atoms with E-state index in [1.165, 1.54) is 12.1 Å². The quantitative estimate of drug-likeness (QED) is 0.535. The van der Waals surface area contributed by atoms with Crippen LogP contribution in [0.25, 0.3) is 6.08 Å². The molecule has 0 bridgehead atoms. The van der Waals surface area contributed by atoms with Crippen molar-refractivity contribution < 1.29 is 40.2 Å². The summed E-state index contributed by atoms with van der Waals surface area (Å²) in [5.74, 6) is -1.39. The molecule has 0 spiro atoms. The minimum atomic E-state index is -4.54. The van der Waals surface area contributed by atoms with Gasteiger partial charge in [0, 0.05) is 30.8 Å². The van der Waals surface area contributed by atoms with Gasteiger partial charge in [0.05, 0.1) is 23.3 Å². The van der Waals surface area contributed by atoms with Crippen LogP contribution in [-0.4, -0.2) is 51.7 Å². The number of carbonyl (C=O) groups is 1. The van der Waals surface area contributed by atoms with Gasteiger partial charge in [-0.15, -0.1) is 0 Å². The van der Waals surface area contributed by atoms with Gasteiger partial charge in [-0.2, -0.15) is 13.2 Å². The molecule has 4 rings (SSSR count). The molecule has 2 heterocycles. The van der Waals surface area contributed by atoms with Gasteiger partial charge in [0.1, 0.15) is 30.5 Å². The summed E-state index contributed by atoms with van der Waals surface area (Å²) in [6, 6.07) is 6.48. The van der Waals surface area contributed by atoms with E-state index in [4.69, 9.17) is 9.47 Å². The van der Waals surface area contributed by atoms with Crippen molar-refractivity contribution in [3.05, 3.63) is 64.0 Å². The zero-order chi connectivity index (χ0) is 27.0. The van der Waals surface area contributed by atoms with Gasteiger partial charge in [0.15, 0.2) is 0 Å². The number of hydrogen-bond donors (Lipinski definition) is 1. The van der Waals surface area contributed by atoms with Gasteiger partial charge in [-0.3, -0.25) is 14.4 Å². The van der Waals surface area contributed by atoms with E-state index in [0.29, 0.717) is 31.6 Å². The van der Waals surface area contributed by atoms with Gasteiger partial charge in [0.2, 0.25) is 15.9 Å². The minimum Gasteiger partial charge on any atom is -0.489 e. The van der Waals surface area contributed by atoms with Gasteiger partial charge < -0.3 is 9.47 Å². The smallest absolute Gasteiger partial charge is 0.416 e. The maximum Gasteiger partial charge on any atom is 0.416 e. The van der Waals surface area contributed by atoms with Gasteiger partial charge in [-0.05, 0) is 37.6 Å². The molecule has 200 valence electrons. The van der Waals surface area contributed by atoms with Crippen LogP contribution in [0.4, 0.5) is 17.6 Å². The summed E-state index contributed by atoms with van der Waals surface area (Å²) in [4.78, 5) is 14.1. The molecule has 1 amide bonds. The number of nitrogens with one attached hydrogen (secondary N) is 1. The number of nitrogens with zero attached hydrogens (tertiary/aromatic N) is 1. The molecule has 1 N–H and O–H groups in total. The average Bonchev–Trinajstić information content (AvgIpc) is 3.26. The average molecular weight is 543 g/mol. The lowest BCUT2D eigenvalue weighted by molar-refractivity contribution is -0.138. The lowest BCUT2D eigenvalue weighted by atomic mass is 10.0. The van der Waals surface area contributed by atoms with Crippen molar-refractivity contribution in [1.82, 2.24) is 9.62 Å². The van der Waals surface area contributed by atoms with E-state index in [2.05, 4.69) is 0 Å². The molecule has 0 saturated carbocycles. The summed E-state index contributed by atoms with van der Waals surface area (Å²) in [5, 5.41) is 0. The molecule has 37 heavy (non-hydrogen) atoms. The summed E-state index contributed by atoms with van der Waals surface area (Å²) in [5.41, 5.74) is 0.568. The van der Waals surface area contributed by atoms with Crippen LogP contribution in [0.3, 0.4) is 0 Å². The third-order valence-corrected chi connectivity index (χ3v) is 6.72. The Morgan fingerprint density at radius 2 is 2.00 bits per heavy atom. The summed E-state index contributed by atoms with van der Waals surface area (Å²) < 4.78 is 90.7. The van der Waals surface area contributed by atoms with Crippen molar-refractivity contribution in [2.75, 3.05) is 32.5 Å². The predicted molar refractivity (Wildman–Crippen MR) is 128 cm³/mol. The van der Waals surface area contributed by atoms with Crippen LogP contribution in [0.2, 0.25) is 0 Å². The fourth-order valence-electron chi connectivity index (χ4n) is 4.40. The van der Waals surface area contributed by atoms with Crippen molar-refractivity contribution in [3.63, 3.8) is 0 Å². The number of alkyl halides is 3. The SMILES string of the molecule is Cc1ccc(COc2cc(F)c3c(c2)OCC(CN2CCC(C(=O)NS(C)(=O)=O)C2)=C3)c(C(F)(F)F)c1. The highest BCUT2D eigenvalue weighted by Gasteiger charge is 2.34. The van der Waals surface area contributed by atoms with Crippen LogP contribution in [0, 0.1) is 18.7 Å². The monoisotopic (exact) mass is 542 g/mol. The highest BCUT2D eigenvalue weighted by atomic mass is 32.2. The molecule has 1 fully saturated rings. The Labute approximate surface area is 212 Å². The lowest BCUT2D eigenvalue weighted by Crippen LogP contribution is -2.36. The van der Waals surface area contributed by atoms with E-state index < -0.39 is 46.0 Å². The van der Waals surface area contributed by atoms with Crippen LogP contribution in [0.5, 0.6) is 11.5 Å². The molecule has 2 aromatic carbocycles. The van der Waals surface area contributed by atoms with Crippen molar-refractivity contribution in [1.29, 1.82) is 0 Å². The summed E-state index contributed by atoms with van der Waals surface area (Å²) in [6.07, 6.45) is -1.47. The largest absolute Gasteiger partial charge is 0.489 e. The minimum absolute atomic E-state index is 0.0427. The highest BCUT2D eigenvalue weighted by molar-refractivity contribution is 7.89. The van der Waals surface area contributed by atoms with Crippen molar-refractivity contribution in [3.8, 4) is 11.5 Å². The van der Waals surface area contributed by atoms with Crippen molar-refractivity contribution in [2.45, 2.75) is 26.1 Å². The fourth-order valence-corrected chi connectivity index (χ4v) is 4.94. The van der Waals surface area contributed by atoms with Crippen LogP contribution in [0.15, 0.2) is 35.9 Å². The molecular formula is C25H26F4N2O5S. The summed E-state index contributed by atoms with van der Waals surface area (Å²) in [7, 11) is -3.63. The number of benzene rings is 2. The Bertz CT molecular complexity index is 1340. The molecule has 0 aromatic heterocycles. The number of fused-ring (bicyclic) bond motifs is 1. The number of hydrogen-bond acceptors (Lipinski definition) is 6. The molecule has 1 saturated heterocycles. The Balaban J connectivity index is 1.41. The van der Waals surface area contributed by atoms with Crippen molar-refractivity contribution >= 4 is 22.0 Å². The molecule has 2 aromatic rings. The number of likely N-dealkylation sites (tertiary alicyclic amines) is 1. The molecule has 0 radical (unpaired) electrons. The number of ether oxygens (including phenoxy) is 2. The van der Waals surface area contributed by atoms with Gasteiger partial charge >= 0.3 is 6.18 Å². The van der Waals surface area contributed by atoms with Crippen LogP contribution < -0.4 is 14.2 Å². The number of aryl methyl sites for hydroxylation is 1. The standard InChI is InChI=1S/C25H26F4N2O5S/c1-15-3-4-18(21(7-15)25(27,28)29)14-35-19-9-22(26)20-8-16(13-36-23(20)10-19)11-31-6-5-17(12-31)24(32)30-37(2,33)34/h3-4,7-10,17H,5-6,11-14H2,1-2H3,(H,30,32). The molecule has 2 aliphatic heterocycles. The topological polar surface area (TPSA) is 84.9 Å². The second-order valence-electron chi connectivity index (χ2n) is 9.31. The maximum atomic E-state index is 14.9. The third-order valence-electron chi connectivity index (χ3n) is 6.15. The Morgan fingerprint density at radius 3 is 2.70 bits per heavy atom. The first-order valence-corrected chi connectivity index (χ1v) is 13.4. The zero-order valence-corrected chi connectivity index (χ0v) is 21.0. The van der Waals surface area contributed by atoms with Gasteiger partial charge in [-0.1, -0.05) is 17.7 Å². The molecule has 1 unspecified atom stereocenters. The summed E-state index contributed by atoms with van der Waals surface area (Å²) >= 11 is 0. The van der Waals surface area contributed by atoms with Crippen LogP contribution in [0.1, 0.15) is 28.7 Å². The molecule has 7 nitrogen and oxygen atoms in total. The first-order valence-electron chi connectivity index (χ1n) is 11.5. The van der Waals surface area contributed by atoms with E-state index >= 15 is 0 Å². The zero-order valence-electron chi connectivity index (χ0n) is 20.2. The highest BCUT2D eigenvalue weighted by Crippen LogP contribution is 2.36. The Hall–Kier alpha value is -3.12. The summed E-state index contributed by atoms with van der Waals surface area (Å²) in [6.45, 7) is 2.67. The number of carbonyl (C=O) groups excluding carboxylic acids is 1. The number of amides is 1. The first-order chi connectivity index (χ1) is 17.3. The normalized spacial score (nSPS) is 18.1. The van der Waals surface area contributed by atoms with E-state index in [0.717, 1.165) is 24.0 Å². The van der Waals surface area contributed by atoms with Gasteiger partial charge in [0.25, 0.3) is 0 Å². The van der Waals surface area contributed by atoms with Gasteiger partial charge in [-0.25, -0.2) is 12.8 Å². The van der Waals surface area contributed by atoms with Crippen molar-refractivity contribution in [2.24, 2.45) is 5.92 Å². The Kier molecular flexibility index (Phi) is 7.52. The van der Waals surface area contributed by atoms with E-state index in [1.54, 1.807) is 19.1 Å². The van der Waals surface area contributed by atoms with Crippen LogP contribution in [-0.2, 0) is 27.6 Å². The number of halogens is 4.